The van der Waals surface area contributed by atoms with Crippen LogP contribution < -0.4 is 5.73 Å². The van der Waals surface area contributed by atoms with Gasteiger partial charge in [-0.15, -0.1) is 11.3 Å². The molecule has 1 fully saturated rings. The Bertz CT molecular complexity index is 345. The van der Waals surface area contributed by atoms with Crippen LogP contribution >= 0.6 is 22.9 Å². The van der Waals surface area contributed by atoms with E-state index >= 15 is 0 Å². The maximum Gasteiger partial charge on any atom is 0.0931 e. The highest BCUT2D eigenvalue weighted by molar-refractivity contribution is 7.16. The molecule has 1 aliphatic rings. The van der Waals surface area contributed by atoms with Gasteiger partial charge in [0.1, 0.15) is 0 Å². The lowest BCUT2D eigenvalue weighted by molar-refractivity contribution is 0.140. The van der Waals surface area contributed by atoms with E-state index in [0.717, 1.165) is 16.8 Å². The second-order valence-corrected chi connectivity index (χ2v) is 6.62. The molecular formula is C13H21ClN2S. The predicted octanol–water partition coefficient (Wildman–Crippen LogP) is 3.52. The lowest BCUT2D eigenvalue weighted by Crippen LogP contribution is -2.35. The highest BCUT2D eigenvalue weighted by atomic mass is 35.5. The van der Waals surface area contributed by atoms with Gasteiger partial charge in [-0.2, -0.15) is 0 Å². The lowest BCUT2D eigenvalue weighted by Gasteiger charge is -2.35. The fraction of sp³-hybridized carbons (Fsp3) is 0.692. The zero-order valence-corrected chi connectivity index (χ0v) is 11.9. The van der Waals surface area contributed by atoms with E-state index in [0.29, 0.717) is 6.04 Å². The Balaban J connectivity index is 1.88. The molecule has 1 aromatic heterocycles. The molecule has 1 saturated heterocycles. The topological polar surface area (TPSA) is 29.3 Å². The van der Waals surface area contributed by atoms with Crippen LogP contribution in [-0.2, 0) is 0 Å². The number of hydrogen-bond donors (Lipinski definition) is 1. The minimum Gasteiger partial charge on any atom is -0.330 e. The summed E-state index contributed by atoms with van der Waals surface area (Å²) < 4.78 is 0.893. The maximum absolute atomic E-state index is 5.99. The Labute approximate surface area is 113 Å². The van der Waals surface area contributed by atoms with Crippen molar-refractivity contribution in [2.24, 2.45) is 11.7 Å². The molecule has 0 radical (unpaired) electrons. The Kier molecular flexibility index (Phi) is 4.86. The minimum absolute atomic E-state index is 0.506. The average Bonchev–Trinajstić information content (AvgIpc) is 2.76. The van der Waals surface area contributed by atoms with Crippen molar-refractivity contribution in [1.82, 2.24) is 4.90 Å². The molecule has 1 unspecified atom stereocenters. The van der Waals surface area contributed by atoms with Gasteiger partial charge in [0.25, 0.3) is 0 Å². The van der Waals surface area contributed by atoms with Crippen LogP contribution in [0.15, 0.2) is 12.1 Å². The number of halogens is 1. The normalized spacial score (nSPS) is 20.6. The van der Waals surface area contributed by atoms with E-state index in [1.807, 2.05) is 6.07 Å². The third-order valence-electron chi connectivity index (χ3n) is 3.78. The number of nitrogens with two attached hydrogens (primary N) is 1. The molecule has 4 heteroatoms. The van der Waals surface area contributed by atoms with Gasteiger partial charge in [0, 0.05) is 10.9 Å². The van der Waals surface area contributed by atoms with Crippen LogP contribution in [0.1, 0.15) is 37.1 Å². The number of likely N-dealkylation sites (tertiary alicyclic amines) is 1. The molecule has 0 bridgehead atoms. The molecule has 2 nitrogen and oxygen atoms in total. The Morgan fingerprint density at radius 3 is 2.71 bits per heavy atom. The molecule has 96 valence electrons. The van der Waals surface area contributed by atoms with Crippen LogP contribution in [0.25, 0.3) is 0 Å². The molecule has 0 aromatic carbocycles. The molecule has 1 atom stereocenters. The van der Waals surface area contributed by atoms with E-state index in [1.165, 1.54) is 37.2 Å². The van der Waals surface area contributed by atoms with Crippen LogP contribution in [-0.4, -0.2) is 24.5 Å². The van der Waals surface area contributed by atoms with Crippen molar-refractivity contribution < 1.29 is 0 Å². The first-order valence-electron chi connectivity index (χ1n) is 6.40. The number of piperidine rings is 1. The molecule has 1 aliphatic heterocycles. The van der Waals surface area contributed by atoms with Gasteiger partial charge in [0.05, 0.1) is 4.34 Å². The molecule has 0 saturated carbocycles. The SMILES string of the molecule is CC(c1ccc(Cl)s1)N1CCC(CCN)CC1. The summed E-state index contributed by atoms with van der Waals surface area (Å²) in [6.07, 6.45) is 3.77. The first-order valence-corrected chi connectivity index (χ1v) is 7.59. The van der Waals surface area contributed by atoms with Gasteiger partial charge in [0.15, 0.2) is 0 Å². The van der Waals surface area contributed by atoms with E-state index in [1.54, 1.807) is 11.3 Å². The van der Waals surface area contributed by atoms with Crippen molar-refractivity contribution >= 4 is 22.9 Å². The van der Waals surface area contributed by atoms with Crippen molar-refractivity contribution in [3.63, 3.8) is 0 Å². The third kappa shape index (κ3) is 3.44. The van der Waals surface area contributed by atoms with E-state index in [4.69, 9.17) is 17.3 Å². The monoisotopic (exact) mass is 272 g/mol. The number of nitrogens with zero attached hydrogens (tertiary/aromatic N) is 1. The van der Waals surface area contributed by atoms with Gasteiger partial charge in [-0.05, 0) is 63.9 Å². The van der Waals surface area contributed by atoms with Crippen LogP contribution in [0.2, 0.25) is 4.34 Å². The smallest absolute Gasteiger partial charge is 0.0931 e. The lowest BCUT2D eigenvalue weighted by atomic mass is 9.93. The van der Waals surface area contributed by atoms with E-state index in [9.17, 15) is 0 Å². The summed E-state index contributed by atoms with van der Waals surface area (Å²) in [5.41, 5.74) is 5.62. The maximum atomic E-state index is 5.99. The highest BCUT2D eigenvalue weighted by Crippen LogP contribution is 2.33. The first kappa shape index (κ1) is 13.3. The van der Waals surface area contributed by atoms with E-state index in [2.05, 4.69) is 17.9 Å². The summed E-state index contributed by atoms with van der Waals surface area (Å²) in [6, 6.07) is 4.66. The highest BCUT2D eigenvalue weighted by Gasteiger charge is 2.23. The number of rotatable bonds is 4. The van der Waals surface area contributed by atoms with E-state index < -0.39 is 0 Å². The molecule has 17 heavy (non-hydrogen) atoms. The summed E-state index contributed by atoms with van der Waals surface area (Å²) >= 11 is 7.70. The summed E-state index contributed by atoms with van der Waals surface area (Å²) in [4.78, 5) is 3.95. The summed E-state index contributed by atoms with van der Waals surface area (Å²) in [6.45, 7) is 5.51. The van der Waals surface area contributed by atoms with Gasteiger partial charge in [-0.25, -0.2) is 0 Å². The second-order valence-electron chi connectivity index (χ2n) is 4.87. The molecule has 0 aliphatic carbocycles. The Morgan fingerprint density at radius 2 is 2.18 bits per heavy atom. The second kappa shape index (κ2) is 6.19. The fourth-order valence-corrected chi connectivity index (χ4v) is 3.74. The quantitative estimate of drug-likeness (QED) is 0.909. The van der Waals surface area contributed by atoms with Gasteiger partial charge in [0.2, 0.25) is 0 Å². The average molecular weight is 273 g/mol. The first-order chi connectivity index (χ1) is 8.20. The molecule has 1 aromatic rings. The van der Waals surface area contributed by atoms with Gasteiger partial charge >= 0.3 is 0 Å². The number of hydrogen-bond acceptors (Lipinski definition) is 3. The molecule has 2 N–H and O–H groups in total. The fourth-order valence-electron chi connectivity index (χ4n) is 2.60. The van der Waals surface area contributed by atoms with E-state index in [-0.39, 0.29) is 0 Å². The summed E-state index contributed by atoms with van der Waals surface area (Å²) in [5.74, 6) is 0.843. The van der Waals surface area contributed by atoms with Crippen LogP contribution in [0.5, 0.6) is 0 Å². The van der Waals surface area contributed by atoms with Crippen LogP contribution in [0.3, 0.4) is 0 Å². The van der Waals surface area contributed by atoms with Gasteiger partial charge < -0.3 is 5.73 Å². The summed E-state index contributed by atoms with van der Waals surface area (Å²) in [5, 5.41) is 0. The van der Waals surface area contributed by atoms with Crippen molar-refractivity contribution in [3.05, 3.63) is 21.3 Å². The minimum atomic E-state index is 0.506. The molecule has 0 amide bonds. The van der Waals surface area contributed by atoms with Crippen molar-refractivity contribution in [3.8, 4) is 0 Å². The van der Waals surface area contributed by atoms with Crippen LogP contribution in [0, 0.1) is 5.92 Å². The van der Waals surface area contributed by atoms with Crippen molar-refractivity contribution in [2.75, 3.05) is 19.6 Å². The standard InChI is InChI=1S/C13H21ClN2S/c1-10(12-2-3-13(14)17-12)16-8-5-11(4-7-15)6-9-16/h2-3,10-11H,4-9,15H2,1H3. The number of thiophene rings is 1. The van der Waals surface area contributed by atoms with Crippen LogP contribution in [0.4, 0.5) is 0 Å². The summed E-state index contributed by atoms with van der Waals surface area (Å²) in [7, 11) is 0. The third-order valence-corrected chi connectivity index (χ3v) is 5.18. The van der Waals surface area contributed by atoms with Crippen molar-refractivity contribution in [1.29, 1.82) is 0 Å². The van der Waals surface area contributed by atoms with Crippen molar-refractivity contribution in [2.45, 2.75) is 32.2 Å². The molecule has 2 heterocycles. The zero-order chi connectivity index (χ0) is 12.3. The molecule has 2 rings (SSSR count). The Hall–Kier alpha value is -0.0900. The predicted molar refractivity (Wildman–Crippen MR) is 75.7 cm³/mol. The molecular weight excluding hydrogens is 252 g/mol. The largest absolute Gasteiger partial charge is 0.330 e. The van der Waals surface area contributed by atoms with Gasteiger partial charge in [-0.3, -0.25) is 4.90 Å². The zero-order valence-electron chi connectivity index (χ0n) is 10.4. The van der Waals surface area contributed by atoms with Gasteiger partial charge in [-0.1, -0.05) is 11.6 Å². The Morgan fingerprint density at radius 1 is 1.47 bits per heavy atom. The molecule has 0 spiro atoms.